The van der Waals surface area contributed by atoms with Gasteiger partial charge < -0.3 is 14.7 Å². The highest BCUT2D eigenvalue weighted by Crippen LogP contribution is 2.40. The minimum atomic E-state index is -0.929. The van der Waals surface area contributed by atoms with Gasteiger partial charge in [-0.15, -0.1) is 11.3 Å². The smallest absolute Gasteiger partial charge is 0.407 e. The standard InChI is InChI=1S/C14H14BrNO3S2/c1-16(14(17)18)8-11-7-12(15)13(21-11)20-10-5-3-4-9(6-10)19-2/h3-7H,8H2,1-2H3,(H,17,18). The molecule has 112 valence electrons. The van der Waals surface area contributed by atoms with Crippen LogP contribution in [0.15, 0.2) is 43.9 Å². The molecule has 2 aromatic rings. The van der Waals surface area contributed by atoms with Crippen molar-refractivity contribution in [1.29, 1.82) is 0 Å². The zero-order chi connectivity index (χ0) is 15.4. The van der Waals surface area contributed by atoms with E-state index in [0.717, 1.165) is 24.2 Å². The average molecular weight is 388 g/mol. The molecule has 0 unspecified atom stereocenters. The third-order valence-electron chi connectivity index (χ3n) is 2.68. The summed E-state index contributed by atoms with van der Waals surface area (Å²) in [5.74, 6) is 0.818. The van der Waals surface area contributed by atoms with Crippen molar-refractivity contribution >= 4 is 45.1 Å². The monoisotopic (exact) mass is 387 g/mol. The highest BCUT2D eigenvalue weighted by Gasteiger charge is 2.13. The molecule has 21 heavy (non-hydrogen) atoms. The van der Waals surface area contributed by atoms with E-state index in [1.807, 2.05) is 30.3 Å². The summed E-state index contributed by atoms with van der Waals surface area (Å²) in [6.45, 7) is 0.386. The summed E-state index contributed by atoms with van der Waals surface area (Å²) in [5, 5.41) is 8.91. The molecular weight excluding hydrogens is 374 g/mol. The predicted molar refractivity (Wildman–Crippen MR) is 88.6 cm³/mol. The third kappa shape index (κ3) is 4.39. The Balaban J connectivity index is 2.13. The maximum Gasteiger partial charge on any atom is 0.407 e. The normalized spacial score (nSPS) is 10.4. The first-order chi connectivity index (χ1) is 9.99. The molecule has 0 aliphatic carbocycles. The van der Waals surface area contributed by atoms with Crippen molar-refractivity contribution in [2.75, 3.05) is 14.2 Å². The molecule has 1 aromatic heterocycles. The van der Waals surface area contributed by atoms with E-state index in [1.165, 1.54) is 4.90 Å². The maximum absolute atomic E-state index is 10.9. The Bertz CT molecular complexity index is 645. The lowest BCUT2D eigenvalue weighted by molar-refractivity contribution is 0.154. The number of ether oxygens (including phenoxy) is 1. The lowest BCUT2D eigenvalue weighted by atomic mass is 10.3. The van der Waals surface area contributed by atoms with Crippen molar-refractivity contribution in [3.05, 3.63) is 39.7 Å². The topological polar surface area (TPSA) is 49.8 Å². The summed E-state index contributed by atoms with van der Waals surface area (Å²) in [6, 6.07) is 9.80. The van der Waals surface area contributed by atoms with E-state index in [4.69, 9.17) is 9.84 Å². The lowest BCUT2D eigenvalue weighted by Crippen LogP contribution is -2.23. The van der Waals surface area contributed by atoms with Crippen LogP contribution in [-0.2, 0) is 6.54 Å². The van der Waals surface area contributed by atoms with Crippen molar-refractivity contribution in [2.45, 2.75) is 15.6 Å². The number of carbonyl (C=O) groups is 1. The lowest BCUT2D eigenvalue weighted by Gasteiger charge is -2.10. The second-order valence-electron chi connectivity index (χ2n) is 4.27. The predicted octanol–water partition coefficient (Wildman–Crippen LogP) is 4.78. The van der Waals surface area contributed by atoms with E-state index in [9.17, 15) is 4.79 Å². The Morgan fingerprint density at radius 1 is 1.48 bits per heavy atom. The zero-order valence-corrected chi connectivity index (χ0v) is 14.7. The van der Waals surface area contributed by atoms with Gasteiger partial charge in [0.15, 0.2) is 0 Å². The van der Waals surface area contributed by atoms with Crippen LogP contribution in [-0.4, -0.2) is 30.3 Å². The molecule has 0 aliphatic heterocycles. The molecule has 1 N–H and O–H groups in total. The molecule has 0 bridgehead atoms. The van der Waals surface area contributed by atoms with E-state index in [1.54, 1.807) is 37.3 Å². The molecule has 1 heterocycles. The Labute approximate surface area is 139 Å². The molecule has 0 aliphatic rings. The zero-order valence-electron chi connectivity index (χ0n) is 11.5. The third-order valence-corrected chi connectivity index (χ3v) is 6.14. The SMILES string of the molecule is COc1cccc(Sc2sc(CN(C)C(=O)O)cc2Br)c1. The number of amides is 1. The van der Waals surface area contributed by atoms with Gasteiger partial charge in [0.05, 0.1) is 17.9 Å². The Hall–Kier alpha value is -1.18. The first-order valence-electron chi connectivity index (χ1n) is 6.03. The second kappa shape index (κ2) is 7.20. The second-order valence-corrected chi connectivity index (χ2v) is 7.60. The number of hydrogen-bond donors (Lipinski definition) is 1. The summed E-state index contributed by atoms with van der Waals surface area (Å²) >= 11 is 6.74. The van der Waals surface area contributed by atoms with Crippen molar-refractivity contribution < 1.29 is 14.6 Å². The number of methoxy groups -OCH3 is 1. The van der Waals surface area contributed by atoms with E-state index in [2.05, 4.69) is 15.9 Å². The summed E-state index contributed by atoms with van der Waals surface area (Å²) < 4.78 is 7.29. The molecule has 0 fully saturated rings. The Morgan fingerprint density at radius 3 is 2.90 bits per heavy atom. The van der Waals surface area contributed by atoms with Crippen molar-refractivity contribution in [1.82, 2.24) is 4.90 Å². The number of carboxylic acid groups (broad SMARTS) is 1. The van der Waals surface area contributed by atoms with Crippen molar-refractivity contribution in [2.24, 2.45) is 0 Å². The largest absolute Gasteiger partial charge is 0.497 e. The van der Waals surface area contributed by atoms with Gasteiger partial charge in [0.2, 0.25) is 0 Å². The number of hydrogen-bond acceptors (Lipinski definition) is 4. The molecular formula is C14H14BrNO3S2. The van der Waals surface area contributed by atoms with E-state index in [-0.39, 0.29) is 0 Å². The van der Waals surface area contributed by atoms with Gasteiger partial charge in [-0.3, -0.25) is 0 Å². The van der Waals surface area contributed by atoms with Crippen LogP contribution in [0.2, 0.25) is 0 Å². The van der Waals surface area contributed by atoms with Gasteiger partial charge in [-0.2, -0.15) is 0 Å². The van der Waals surface area contributed by atoms with Gasteiger partial charge in [0, 0.05) is 21.3 Å². The minimum Gasteiger partial charge on any atom is -0.497 e. The summed E-state index contributed by atoms with van der Waals surface area (Å²) in [6.07, 6.45) is -0.929. The molecule has 0 radical (unpaired) electrons. The van der Waals surface area contributed by atoms with Gasteiger partial charge in [-0.05, 0) is 40.2 Å². The average Bonchev–Trinajstić information content (AvgIpc) is 2.78. The molecule has 7 heteroatoms. The fourth-order valence-electron chi connectivity index (χ4n) is 1.62. The molecule has 0 atom stereocenters. The first kappa shape index (κ1) is 16.2. The van der Waals surface area contributed by atoms with Crippen molar-refractivity contribution in [3.63, 3.8) is 0 Å². The van der Waals surface area contributed by atoms with Gasteiger partial charge >= 0.3 is 6.09 Å². The number of halogens is 1. The van der Waals surface area contributed by atoms with Gasteiger partial charge in [0.1, 0.15) is 5.75 Å². The van der Waals surface area contributed by atoms with E-state index >= 15 is 0 Å². The minimum absolute atomic E-state index is 0.386. The molecule has 0 spiro atoms. The summed E-state index contributed by atoms with van der Waals surface area (Å²) in [7, 11) is 3.20. The molecule has 0 saturated carbocycles. The van der Waals surface area contributed by atoms with E-state index in [0.29, 0.717) is 6.54 Å². The number of benzene rings is 1. The number of rotatable bonds is 5. The number of nitrogens with zero attached hydrogens (tertiary/aromatic N) is 1. The van der Waals surface area contributed by atoms with Crippen LogP contribution >= 0.6 is 39.0 Å². The van der Waals surface area contributed by atoms with Gasteiger partial charge in [0.25, 0.3) is 0 Å². The fraction of sp³-hybridized carbons (Fsp3) is 0.214. The van der Waals surface area contributed by atoms with Crippen LogP contribution in [0.5, 0.6) is 5.75 Å². The quantitative estimate of drug-likeness (QED) is 0.801. The van der Waals surface area contributed by atoms with Gasteiger partial charge in [-0.25, -0.2) is 4.79 Å². The highest BCUT2D eigenvalue weighted by atomic mass is 79.9. The molecule has 1 amide bonds. The number of thiophene rings is 1. The maximum atomic E-state index is 10.9. The van der Waals surface area contributed by atoms with Gasteiger partial charge in [-0.1, -0.05) is 17.8 Å². The van der Waals surface area contributed by atoms with Crippen LogP contribution in [0.3, 0.4) is 0 Å². The van der Waals surface area contributed by atoms with Crippen LogP contribution in [0.1, 0.15) is 4.88 Å². The Kier molecular flexibility index (Phi) is 5.55. The molecule has 4 nitrogen and oxygen atoms in total. The fourth-order valence-corrected chi connectivity index (χ4v) is 4.83. The van der Waals surface area contributed by atoms with Crippen molar-refractivity contribution in [3.8, 4) is 5.75 Å². The summed E-state index contributed by atoms with van der Waals surface area (Å²) in [4.78, 5) is 14.2. The Morgan fingerprint density at radius 2 is 2.24 bits per heavy atom. The highest BCUT2D eigenvalue weighted by molar-refractivity contribution is 9.10. The van der Waals surface area contributed by atoms with Crippen LogP contribution in [0, 0.1) is 0 Å². The van der Waals surface area contributed by atoms with Crippen LogP contribution in [0.4, 0.5) is 4.79 Å². The van der Waals surface area contributed by atoms with E-state index < -0.39 is 6.09 Å². The molecule has 0 saturated heterocycles. The summed E-state index contributed by atoms with van der Waals surface area (Å²) in [5.41, 5.74) is 0. The first-order valence-corrected chi connectivity index (χ1v) is 8.46. The molecule has 2 rings (SSSR count). The molecule has 1 aromatic carbocycles. The van der Waals surface area contributed by atoms with Crippen LogP contribution in [0.25, 0.3) is 0 Å². The van der Waals surface area contributed by atoms with Crippen LogP contribution < -0.4 is 4.74 Å².